The van der Waals surface area contributed by atoms with Crippen molar-refractivity contribution in [2.45, 2.75) is 213 Å². The average Bonchev–Trinajstić information content (AvgIpc) is 3.25. The Kier molecular flexibility index (Phi) is 47.1. The lowest BCUT2D eigenvalue weighted by atomic mass is 10.1. The molecule has 0 aliphatic carbocycles. The van der Waals surface area contributed by atoms with Crippen molar-refractivity contribution in [1.29, 1.82) is 0 Å². The average molecular weight is 831 g/mol. The second-order valence-corrected chi connectivity index (χ2v) is 15.8. The minimum absolute atomic E-state index is 0.0909. The van der Waals surface area contributed by atoms with Gasteiger partial charge in [0, 0.05) is 12.8 Å². The highest BCUT2D eigenvalue weighted by Crippen LogP contribution is 2.13. The van der Waals surface area contributed by atoms with Crippen LogP contribution in [0.5, 0.6) is 0 Å². The number of aliphatic hydroxyl groups is 1. The number of carbonyl (C=O) groups is 2. The lowest BCUT2D eigenvalue weighted by Gasteiger charge is -2.15. The van der Waals surface area contributed by atoms with E-state index in [9.17, 15) is 14.7 Å². The summed E-state index contributed by atoms with van der Waals surface area (Å²) in [7, 11) is 0. The summed E-state index contributed by atoms with van der Waals surface area (Å²) < 4.78 is 10.6. The fourth-order valence-corrected chi connectivity index (χ4v) is 6.39. The van der Waals surface area contributed by atoms with Gasteiger partial charge in [0.2, 0.25) is 0 Å². The largest absolute Gasteiger partial charge is 0.462 e. The predicted octanol–water partition coefficient (Wildman–Crippen LogP) is 16.2. The Morgan fingerprint density at radius 2 is 0.717 bits per heavy atom. The number of hydrogen-bond donors (Lipinski definition) is 1. The van der Waals surface area contributed by atoms with Crippen molar-refractivity contribution in [1.82, 2.24) is 0 Å². The first-order valence-corrected chi connectivity index (χ1v) is 24.4. The van der Waals surface area contributed by atoms with E-state index in [2.05, 4.69) is 123 Å². The van der Waals surface area contributed by atoms with Crippen molar-refractivity contribution < 1.29 is 24.2 Å². The van der Waals surface area contributed by atoms with Gasteiger partial charge in [0.15, 0.2) is 6.10 Å². The van der Waals surface area contributed by atoms with E-state index in [1.54, 1.807) is 0 Å². The van der Waals surface area contributed by atoms with Crippen LogP contribution in [0.25, 0.3) is 0 Å². The molecule has 1 N–H and O–H groups in total. The van der Waals surface area contributed by atoms with E-state index in [0.717, 1.165) is 89.9 Å². The Bertz CT molecular complexity index is 1210. The van der Waals surface area contributed by atoms with Crippen molar-refractivity contribution in [2.24, 2.45) is 0 Å². The number of esters is 2. The van der Waals surface area contributed by atoms with E-state index >= 15 is 0 Å². The summed E-state index contributed by atoms with van der Waals surface area (Å²) in [4.78, 5) is 24.4. The molecule has 0 aliphatic heterocycles. The quantitative estimate of drug-likeness (QED) is 0.0376. The summed E-state index contributed by atoms with van der Waals surface area (Å²) in [6, 6.07) is 0. The third-order valence-corrected chi connectivity index (χ3v) is 10.1. The number of rotatable bonds is 43. The summed E-state index contributed by atoms with van der Waals surface area (Å²) in [5.41, 5.74) is 0. The summed E-state index contributed by atoms with van der Waals surface area (Å²) in [6.45, 7) is 3.98. The van der Waals surface area contributed by atoms with Gasteiger partial charge < -0.3 is 14.6 Å². The van der Waals surface area contributed by atoms with E-state index in [-0.39, 0.29) is 25.2 Å². The molecule has 1 unspecified atom stereocenters. The first-order chi connectivity index (χ1) is 29.6. The van der Waals surface area contributed by atoms with Crippen molar-refractivity contribution in [3.8, 4) is 0 Å². The maximum absolute atomic E-state index is 12.2. The summed E-state index contributed by atoms with van der Waals surface area (Å²) in [5.74, 6) is -0.650. The predicted molar refractivity (Wildman–Crippen MR) is 260 cm³/mol. The van der Waals surface area contributed by atoms with Gasteiger partial charge in [-0.05, 0) is 103 Å². The van der Waals surface area contributed by atoms with Crippen LogP contribution >= 0.6 is 0 Å². The molecule has 0 radical (unpaired) electrons. The maximum atomic E-state index is 12.2. The van der Waals surface area contributed by atoms with Gasteiger partial charge in [-0.1, -0.05) is 200 Å². The third kappa shape index (κ3) is 47.2. The summed E-state index contributed by atoms with van der Waals surface area (Å²) in [5, 5.41) is 9.61. The van der Waals surface area contributed by atoms with Crippen LogP contribution in [-0.4, -0.2) is 36.4 Å². The Labute approximate surface area is 370 Å². The van der Waals surface area contributed by atoms with Crippen LogP contribution in [0.2, 0.25) is 0 Å². The van der Waals surface area contributed by atoms with Crippen LogP contribution in [0.4, 0.5) is 0 Å². The number of aliphatic hydroxyl groups excluding tert-OH is 1. The van der Waals surface area contributed by atoms with Gasteiger partial charge in [0.1, 0.15) is 6.61 Å². The molecule has 340 valence electrons. The molecule has 0 aromatic carbocycles. The van der Waals surface area contributed by atoms with Crippen molar-refractivity contribution in [3.63, 3.8) is 0 Å². The normalized spacial score (nSPS) is 13.2. The lowest BCUT2D eigenvalue weighted by molar-refractivity contribution is -0.161. The lowest BCUT2D eigenvalue weighted by Crippen LogP contribution is -2.28. The molecule has 0 heterocycles. The molecule has 60 heavy (non-hydrogen) atoms. The first-order valence-electron chi connectivity index (χ1n) is 24.4. The highest BCUT2D eigenvalue weighted by molar-refractivity contribution is 5.70. The number of hydrogen-bond acceptors (Lipinski definition) is 5. The zero-order valence-electron chi connectivity index (χ0n) is 38.7. The SMILES string of the molecule is CC/C=C\C/C=C\C/C=C\C/C=C\C/C=C\C/C=C\C/C=C\C/C=C\CCCCC(=O)OC(CO)COC(=O)CCCCCCCCCCC/C=C\CCCCCCCC. The van der Waals surface area contributed by atoms with Gasteiger partial charge in [0.05, 0.1) is 6.61 Å². The molecule has 0 spiro atoms. The Balaban J connectivity index is 3.67. The molecule has 0 rings (SSSR count). The van der Waals surface area contributed by atoms with Gasteiger partial charge >= 0.3 is 11.9 Å². The standard InChI is InChI=1S/C55H90O5/c1-3-5-7-9-11-13-15-17-19-21-23-24-25-26-27-28-29-30-32-34-36-38-40-42-44-46-48-50-55(58)60-53(51-56)52-59-54(57)49-47-45-43-41-39-37-35-33-31-22-20-18-16-14-12-10-8-6-4-2/h5,7,11,13,17-20,23-24,26-27,29-30,34,36,40,42,53,56H,3-4,6,8-10,12,14-16,21-22,25,28,31-33,35,37-39,41,43-52H2,1-2H3/b7-5-,13-11-,19-17-,20-18-,24-23-,27-26-,30-29-,36-34-,42-40-. The van der Waals surface area contributed by atoms with Gasteiger partial charge in [-0.2, -0.15) is 0 Å². The molecule has 0 saturated carbocycles. The van der Waals surface area contributed by atoms with Crippen LogP contribution in [0.3, 0.4) is 0 Å². The molecule has 0 aromatic rings. The topological polar surface area (TPSA) is 72.8 Å². The molecule has 5 heteroatoms. The minimum Gasteiger partial charge on any atom is -0.462 e. The van der Waals surface area contributed by atoms with Gasteiger partial charge in [-0.25, -0.2) is 0 Å². The molecule has 0 aromatic heterocycles. The molecular weight excluding hydrogens is 741 g/mol. The zero-order chi connectivity index (χ0) is 43.5. The molecule has 0 aliphatic rings. The van der Waals surface area contributed by atoms with E-state index in [1.165, 1.54) is 89.9 Å². The molecule has 0 saturated heterocycles. The molecule has 0 bridgehead atoms. The maximum Gasteiger partial charge on any atom is 0.306 e. The smallest absolute Gasteiger partial charge is 0.306 e. The summed E-state index contributed by atoms with van der Waals surface area (Å²) in [6.07, 6.45) is 71.7. The van der Waals surface area contributed by atoms with E-state index in [4.69, 9.17) is 9.47 Å². The van der Waals surface area contributed by atoms with Crippen LogP contribution in [-0.2, 0) is 19.1 Å². The summed E-state index contributed by atoms with van der Waals surface area (Å²) >= 11 is 0. The zero-order valence-corrected chi connectivity index (χ0v) is 38.7. The van der Waals surface area contributed by atoms with E-state index in [1.807, 2.05) is 0 Å². The number of allylic oxidation sites excluding steroid dienone is 18. The fraction of sp³-hybridized carbons (Fsp3) is 0.636. The monoisotopic (exact) mass is 831 g/mol. The Hall–Kier alpha value is -3.44. The van der Waals surface area contributed by atoms with Crippen molar-refractivity contribution in [2.75, 3.05) is 13.2 Å². The van der Waals surface area contributed by atoms with E-state index in [0.29, 0.717) is 12.8 Å². The van der Waals surface area contributed by atoms with Crippen molar-refractivity contribution in [3.05, 3.63) is 109 Å². The van der Waals surface area contributed by atoms with Crippen LogP contribution < -0.4 is 0 Å². The highest BCUT2D eigenvalue weighted by atomic mass is 16.6. The minimum atomic E-state index is -0.804. The Morgan fingerprint density at radius 3 is 1.13 bits per heavy atom. The first kappa shape index (κ1) is 56.6. The molecular formula is C55H90O5. The van der Waals surface area contributed by atoms with Crippen LogP contribution in [0.15, 0.2) is 109 Å². The van der Waals surface area contributed by atoms with Gasteiger partial charge in [-0.3, -0.25) is 9.59 Å². The van der Waals surface area contributed by atoms with Crippen LogP contribution in [0.1, 0.15) is 206 Å². The van der Waals surface area contributed by atoms with Gasteiger partial charge in [-0.15, -0.1) is 0 Å². The van der Waals surface area contributed by atoms with Gasteiger partial charge in [0.25, 0.3) is 0 Å². The third-order valence-electron chi connectivity index (χ3n) is 10.1. The van der Waals surface area contributed by atoms with Crippen LogP contribution in [0, 0.1) is 0 Å². The number of carbonyl (C=O) groups excluding carboxylic acids is 2. The Morgan fingerprint density at radius 1 is 0.400 bits per heavy atom. The molecule has 1 atom stereocenters. The second-order valence-electron chi connectivity index (χ2n) is 15.8. The number of unbranched alkanes of at least 4 members (excludes halogenated alkanes) is 17. The molecule has 0 amide bonds. The van der Waals surface area contributed by atoms with E-state index < -0.39 is 6.10 Å². The molecule has 0 fully saturated rings. The van der Waals surface area contributed by atoms with Crippen molar-refractivity contribution >= 4 is 11.9 Å². The number of ether oxygens (including phenoxy) is 2. The molecule has 5 nitrogen and oxygen atoms in total. The second kappa shape index (κ2) is 49.9. The highest BCUT2D eigenvalue weighted by Gasteiger charge is 2.16. The fourth-order valence-electron chi connectivity index (χ4n) is 6.39.